The number of carbonyl (C=O) groups excluding carboxylic acids is 5. The van der Waals surface area contributed by atoms with E-state index in [-0.39, 0.29) is 113 Å². The van der Waals surface area contributed by atoms with Gasteiger partial charge in [0.25, 0.3) is 0 Å². The number of amides is 2. The average Bonchev–Trinajstić information content (AvgIpc) is 4.15. The number of ether oxygens (including phenoxy) is 5. The number of hydrogen-bond acceptors (Lipinski definition) is 16. The molecule has 0 saturated carbocycles. The summed E-state index contributed by atoms with van der Waals surface area (Å²) >= 11 is 12.4. The van der Waals surface area contributed by atoms with Crippen molar-refractivity contribution in [3.05, 3.63) is 125 Å². The van der Waals surface area contributed by atoms with Gasteiger partial charge in [-0.05, 0) is 120 Å². The van der Waals surface area contributed by atoms with Crippen LogP contribution in [0.3, 0.4) is 0 Å². The fraction of sp³-hybridized carbons (Fsp3) is 0.453. The van der Waals surface area contributed by atoms with E-state index in [1.54, 1.807) is 26.0 Å². The number of allylic oxidation sites excluding steroid dienone is 2. The van der Waals surface area contributed by atoms with Crippen molar-refractivity contribution in [3.8, 4) is 0 Å². The zero-order valence-electron chi connectivity index (χ0n) is 44.8. The van der Waals surface area contributed by atoms with E-state index in [4.69, 9.17) is 52.0 Å². The van der Waals surface area contributed by atoms with Crippen LogP contribution in [0.1, 0.15) is 83.6 Å². The van der Waals surface area contributed by atoms with Gasteiger partial charge in [0.1, 0.15) is 40.8 Å². The fourth-order valence-corrected chi connectivity index (χ4v) is 13.6. The Morgan fingerprint density at radius 1 is 0.617 bits per heavy atom. The molecule has 2 aliphatic carbocycles. The SMILES string of the molecule is CCOC(=O)C1=CCCCC1S(=O)(=O)N(COC(=O)N1CCC[C@H]1C(=O)O)c1ccc(F)cc1Cl.CCOC(=O)C1=CCCCC1S(=O)(=O)N(COC(=O)N1CCC[C@H]1C(=O)OCc1ccccc1)c1ccc(F)cc1Cl.CO.[CH3-].[Pd]. The normalized spacial score (nSPS) is 18.5. The van der Waals surface area contributed by atoms with E-state index < -0.39 is 104 Å². The Bertz CT molecular complexity index is 2960. The zero-order valence-corrected chi connectivity index (χ0v) is 49.5. The van der Waals surface area contributed by atoms with Crippen LogP contribution in [-0.2, 0) is 89.9 Å². The van der Waals surface area contributed by atoms with Crippen molar-refractivity contribution in [1.82, 2.24) is 9.80 Å². The molecule has 0 spiro atoms. The van der Waals surface area contributed by atoms with Crippen molar-refractivity contribution in [3.63, 3.8) is 0 Å². The summed E-state index contributed by atoms with van der Waals surface area (Å²) in [4.78, 5) is 77.3. The Morgan fingerprint density at radius 2 is 1.04 bits per heavy atom. The molecule has 21 nitrogen and oxygen atoms in total. The summed E-state index contributed by atoms with van der Waals surface area (Å²) in [6.07, 6.45) is 4.78. The van der Waals surface area contributed by atoms with Crippen LogP contribution in [0.4, 0.5) is 29.7 Å². The second-order valence-corrected chi connectivity index (χ2v) is 22.7. The molecule has 0 radical (unpaired) electrons. The topological polar surface area (TPSA) is 270 Å². The molecule has 2 amide bonds. The number of anilines is 2. The molecule has 4 atom stereocenters. The summed E-state index contributed by atoms with van der Waals surface area (Å²) in [6, 6.07) is 13.2. The first-order valence-corrected chi connectivity index (χ1v) is 28.9. The van der Waals surface area contributed by atoms with E-state index in [1.807, 2.05) is 18.2 Å². The van der Waals surface area contributed by atoms with E-state index in [1.165, 1.54) is 17.1 Å². The summed E-state index contributed by atoms with van der Waals surface area (Å²) in [5, 5.41) is 13.2. The molecule has 2 fully saturated rings. The average molecular weight is 1310 g/mol. The minimum Gasteiger partial charge on any atom is -0.480 e. The maximum Gasteiger partial charge on any atom is 0.412 e. The molecule has 7 rings (SSSR count). The minimum atomic E-state index is -4.44. The van der Waals surface area contributed by atoms with E-state index in [0.29, 0.717) is 49.3 Å². The van der Waals surface area contributed by atoms with Gasteiger partial charge in [0.2, 0.25) is 20.0 Å². The molecule has 2 aliphatic heterocycles. The predicted molar refractivity (Wildman–Crippen MR) is 291 cm³/mol. The largest absolute Gasteiger partial charge is 0.480 e. The number of hydrogen-bond donors (Lipinski definition) is 2. The van der Waals surface area contributed by atoms with E-state index >= 15 is 0 Å². The van der Waals surface area contributed by atoms with Crippen molar-refractivity contribution in [2.75, 3.05) is 55.5 Å². The number of halogens is 4. The van der Waals surface area contributed by atoms with Gasteiger partial charge in [0.15, 0.2) is 13.5 Å². The molecular formula is C53H65Cl2F2N4O17PdS2-. The molecule has 28 heteroatoms. The number of aliphatic hydroxyl groups excluding tert-OH is 1. The summed E-state index contributed by atoms with van der Waals surface area (Å²) in [7, 11) is -7.87. The molecule has 2 heterocycles. The molecule has 4 aliphatic rings. The van der Waals surface area contributed by atoms with Crippen LogP contribution in [0.25, 0.3) is 0 Å². The first kappa shape index (κ1) is 69.4. The van der Waals surface area contributed by atoms with Crippen molar-refractivity contribution >= 4 is 90.7 Å². The van der Waals surface area contributed by atoms with Crippen LogP contribution in [0.5, 0.6) is 0 Å². The molecule has 2 unspecified atom stereocenters. The number of benzene rings is 3. The Balaban J connectivity index is 0.000000409. The van der Waals surface area contributed by atoms with E-state index in [2.05, 4.69) is 0 Å². The van der Waals surface area contributed by atoms with Crippen LogP contribution in [-0.4, -0.2) is 142 Å². The monoisotopic (exact) mass is 1310 g/mol. The smallest absolute Gasteiger partial charge is 0.412 e. The van der Waals surface area contributed by atoms with Gasteiger partial charge in [0.05, 0.1) is 45.8 Å². The molecule has 450 valence electrons. The molecule has 3 aromatic rings. The molecular weight excluding hydrogens is 1240 g/mol. The van der Waals surface area contributed by atoms with E-state index in [9.17, 15) is 59.5 Å². The predicted octanol–water partition coefficient (Wildman–Crippen LogP) is 8.32. The summed E-state index contributed by atoms with van der Waals surface area (Å²) in [6.45, 7) is 1.99. The number of likely N-dealkylation sites (tertiary alicyclic amines) is 2. The van der Waals surface area contributed by atoms with Crippen LogP contribution in [0, 0.1) is 19.1 Å². The standard InChI is InChI=1S/C29H32ClFN2O8S.C22H26ClFN2O8S.CH4O.CH3.Pd/c1-2-39-27(34)22-11-6-7-13-26(22)42(37,38)33(24-15-14-21(31)17-23(24)30)19-41-29(36)32-16-8-12-25(32)28(35)40-18-20-9-4-3-5-10-20;1-2-33-21(29)15-6-3-4-8-19(15)35(31,32)26(17-10-9-14(24)12-16(17)23)13-34-22(30)25-11-5-7-18(25)20(27)28;1-2;;/h3-5,9-11,14-15,17,25-26H,2,6-8,12-13,16,18-19H2,1H3;6,9-10,12,18-19H,2-5,7-8,11,13H2,1H3,(H,27,28);2H,1H3;1H3;/q;;;-1;/t25-,26?;18-,19?;;;/m00.../s1. The van der Waals surface area contributed by atoms with Crippen LogP contribution < -0.4 is 8.61 Å². The molecule has 0 bridgehead atoms. The molecule has 2 N–H and O–H groups in total. The quantitative estimate of drug-likeness (QED) is 0.0398. The zero-order chi connectivity index (χ0) is 58.0. The van der Waals surface area contributed by atoms with Crippen molar-refractivity contribution in [2.24, 2.45) is 0 Å². The van der Waals surface area contributed by atoms with Gasteiger partial charge < -0.3 is 41.3 Å². The number of nitrogens with zero attached hydrogens (tertiary/aromatic N) is 4. The Hall–Kier alpha value is -5.88. The first-order valence-electron chi connectivity index (χ1n) is 25.1. The van der Waals surface area contributed by atoms with Crippen molar-refractivity contribution < 1.29 is 109 Å². The first-order chi connectivity index (χ1) is 37.7. The number of aliphatic hydroxyl groups is 1. The number of carboxylic acids is 1. The minimum absolute atomic E-state index is 0. The van der Waals surface area contributed by atoms with Gasteiger partial charge in [-0.15, -0.1) is 0 Å². The third kappa shape index (κ3) is 17.8. The van der Waals surface area contributed by atoms with Crippen LogP contribution in [0.2, 0.25) is 10.0 Å². The van der Waals surface area contributed by atoms with Gasteiger partial charge in [-0.2, -0.15) is 0 Å². The van der Waals surface area contributed by atoms with Gasteiger partial charge in [0, 0.05) is 40.6 Å². The second-order valence-electron chi connectivity index (χ2n) is 17.8. The summed E-state index contributed by atoms with van der Waals surface area (Å²) in [5.41, 5.74) is 0.413. The van der Waals surface area contributed by atoms with Crippen molar-refractivity contribution in [1.29, 1.82) is 0 Å². The van der Waals surface area contributed by atoms with Gasteiger partial charge in [-0.25, -0.2) is 63.0 Å². The van der Waals surface area contributed by atoms with Gasteiger partial charge in [-0.1, -0.05) is 65.7 Å². The fourth-order valence-electron chi connectivity index (χ4n) is 9.10. The van der Waals surface area contributed by atoms with Crippen molar-refractivity contribution in [2.45, 2.75) is 107 Å². The van der Waals surface area contributed by atoms with Gasteiger partial charge in [-0.3, -0.25) is 9.80 Å². The second kappa shape index (κ2) is 32.7. The number of rotatable bonds is 18. The summed E-state index contributed by atoms with van der Waals surface area (Å²) in [5.74, 6) is -4.75. The number of carbonyl (C=O) groups is 6. The Kier molecular flexibility index (Phi) is 28.0. The molecule has 0 aromatic heterocycles. The number of esters is 3. The maximum absolute atomic E-state index is 14.0. The Labute approximate surface area is 493 Å². The Morgan fingerprint density at radius 3 is 1.44 bits per heavy atom. The number of carboxylic acid groups (broad SMARTS) is 1. The molecule has 3 aromatic carbocycles. The molecule has 81 heavy (non-hydrogen) atoms. The van der Waals surface area contributed by atoms with Crippen LogP contribution >= 0.6 is 23.2 Å². The third-order valence-corrected chi connectivity index (χ3v) is 17.7. The number of aliphatic carboxylic acids is 1. The molecule has 2 saturated heterocycles. The maximum atomic E-state index is 14.0. The third-order valence-electron chi connectivity index (χ3n) is 12.8. The van der Waals surface area contributed by atoms with Gasteiger partial charge >= 0.3 is 36.1 Å². The number of sulfonamides is 2. The van der Waals surface area contributed by atoms with E-state index in [0.717, 1.165) is 58.3 Å². The van der Waals surface area contributed by atoms with Crippen LogP contribution in [0.15, 0.2) is 90.0 Å². The summed E-state index contributed by atoms with van der Waals surface area (Å²) < 4.78 is 111.